The van der Waals surface area contributed by atoms with E-state index in [0.717, 1.165) is 66.1 Å². The fourth-order valence-electron chi connectivity index (χ4n) is 8.16. The van der Waals surface area contributed by atoms with Crippen molar-refractivity contribution >= 4 is 49.3 Å². The summed E-state index contributed by atoms with van der Waals surface area (Å²) in [5.74, 6) is 5.40. The molecule has 0 aliphatic carbocycles. The Kier molecular flexibility index (Phi) is 7.88. The first kappa shape index (κ1) is 34.7. The summed E-state index contributed by atoms with van der Waals surface area (Å²) in [4.78, 5) is 45.8. The Hall–Kier alpha value is -7.78. The van der Waals surface area contributed by atoms with Crippen LogP contribution < -0.4 is 0 Å². The van der Waals surface area contributed by atoms with Gasteiger partial charge in [0.25, 0.3) is 0 Å². The van der Waals surface area contributed by atoms with Crippen molar-refractivity contribution in [3.8, 4) is 45.5 Å². The molecule has 0 aliphatic rings. The molecule has 0 N–H and O–H groups in total. The zero-order chi connectivity index (χ0) is 39.8. The van der Waals surface area contributed by atoms with Gasteiger partial charge >= 0.3 is 0 Å². The molecule has 278 valence electrons. The van der Waals surface area contributed by atoms with Crippen LogP contribution in [-0.4, -0.2) is 54.0 Å². The summed E-state index contributed by atoms with van der Waals surface area (Å²) in [7, 11) is 0. The molecule has 10 rings (SSSR count). The summed E-state index contributed by atoms with van der Waals surface area (Å²) in [6, 6.07) is 33.4. The Morgan fingerprint density at radius 3 is 1.21 bits per heavy atom. The van der Waals surface area contributed by atoms with Gasteiger partial charge in [-0.25, -0.2) is 49.7 Å². The molecular formula is C46H34N12. The Bertz CT molecular complexity index is 3330. The van der Waals surface area contributed by atoms with E-state index in [9.17, 15) is 0 Å². The van der Waals surface area contributed by atoms with E-state index < -0.39 is 0 Å². The molecule has 5 aromatic carbocycles. The lowest BCUT2D eigenvalue weighted by Crippen LogP contribution is -2.06. The molecule has 0 fully saturated rings. The van der Waals surface area contributed by atoms with Crippen molar-refractivity contribution in [2.24, 2.45) is 0 Å². The van der Waals surface area contributed by atoms with Gasteiger partial charge in [0, 0.05) is 38.2 Å². The molecule has 0 saturated heterocycles. The zero-order valence-electron chi connectivity index (χ0n) is 32.6. The molecule has 12 nitrogen and oxygen atoms in total. The van der Waals surface area contributed by atoms with E-state index in [1.807, 2.05) is 53.7 Å². The van der Waals surface area contributed by atoms with Crippen LogP contribution in [0.5, 0.6) is 0 Å². The van der Waals surface area contributed by atoms with Crippen LogP contribution in [0.2, 0.25) is 0 Å². The summed E-state index contributed by atoms with van der Waals surface area (Å²) in [6.45, 7) is 19.7. The second-order valence-electron chi connectivity index (χ2n) is 14.4. The molecule has 0 unspecified atom stereocenters. The summed E-state index contributed by atoms with van der Waals surface area (Å²) in [5, 5.41) is 4.25. The maximum Gasteiger partial charge on any atom is 0.200 e. The van der Waals surface area contributed by atoms with Crippen molar-refractivity contribution in [1.29, 1.82) is 0 Å². The van der Waals surface area contributed by atoms with Crippen molar-refractivity contribution in [1.82, 2.24) is 54.0 Å². The van der Waals surface area contributed by atoms with Crippen LogP contribution in [0.15, 0.2) is 97.1 Å². The summed E-state index contributed by atoms with van der Waals surface area (Å²) in [5.41, 5.74) is 8.19. The predicted molar refractivity (Wildman–Crippen MR) is 226 cm³/mol. The highest BCUT2D eigenvalue weighted by Gasteiger charge is 2.24. The lowest BCUT2D eigenvalue weighted by Gasteiger charge is -2.19. The van der Waals surface area contributed by atoms with E-state index in [4.69, 9.17) is 36.5 Å². The number of fused-ring (bicyclic) bond motifs is 6. The second-order valence-corrected chi connectivity index (χ2v) is 14.4. The Labute approximate surface area is 332 Å². The quantitative estimate of drug-likeness (QED) is 0.158. The molecule has 0 bridgehead atoms. The van der Waals surface area contributed by atoms with Crippen LogP contribution in [0.25, 0.3) is 94.0 Å². The van der Waals surface area contributed by atoms with E-state index in [1.165, 1.54) is 0 Å². The number of hydrogen-bond acceptors (Lipinski definition) is 9. The summed E-state index contributed by atoms with van der Waals surface area (Å²) >= 11 is 0. The van der Waals surface area contributed by atoms with Gasteiger partial charge in [-0.05, 0) is 77.9 Å². The largest absolute Gasteiger partial charge is 0.308 e. The summed E-state index contributed by atoms with van der Waals surface area (Å²) < 4.78 is 4.52. The Morgan fingerprint density at radius 1 is 0.397 bits per heavy atom. The van der Waals surface area contributed by atoms with Crippen molar-refractivity contribution in [3.63, 3.8) is 0 Å². The number of rotatable bonds is 5. The molecule has 0 spiro atoms. The molecule has 5 aromatic heterocycles. The Balaban J connectivity index is 1.36. The maximum absolute atomic E-state index is 8.54. The topological polar surface area (TPSA) is 130 Å². The number of para-hydroxylation sites is 2. The second kappa shape index (κ2) is 13.2. The van der Waals surface area contributed by atoms with Crippen molar-refractivity contribution < 1.29 is 0 Å². The molecule has 0 radical (unpaired) electrons. The van der Waals surface area contributed by atoms with Crippen molar-refractivity contribution in [3.05, 3.63) is 143 Å². The van der Waals surface area contributed by atoms with Gasteiger partial charge < -0.3 is 9.13 Å². The van der Waals surface area contributed by atoms with E-state index in [0.29, 0.717) is 63.7 Å². The molecule has 58 heavy (non-hydrogen) atoms. The van der Waals surface area contributed by atoms with E-state index in [-0.39, 0.29) is 0 Å². The minimum Gasteiger partial charge on any atom is -0.308 e. The van der Waals surface area contributed by atoms with Gasteiger partial charge in [-0.3, -0.25) is 0 Å². The highest BCUT2D eigenvalue weighted by Crippen LogP contribution is 2.43. The third-order valence-electron chi connectivity index (χ3n) is 10.4. The number of aryl methyl sites for hydroxylation is 6. The van der Waals surface area contributed by atoms with Crippen LogP contribution in [-0.2, 0) is 0 Å². The van der Waals surface area contributed by atoms with E-state index in [1.54, 1.807) is 0 Å². The standard InChI is InChI=1S/C46H34N12/c1-24-48-25(2)52-44(51-24)30-16-18-34-32-12-8-10-14-38(32)57(40(34)20-30)42-22-36(46-55-28(5)50-29(6)56-46)37(47-7)23-43(42)58-39-15-11-9-13-33(39)35-19-17-31(21-41(35)58)45-53-26(3)49-27(4)54-45/h8-23H,1-6H3. The van der Waals surface area contributed by atoms with Gasteiger partial charge in [-0.2, -0.15) is 0 Å². The van der Waals surface area contributed by atoms with Crippen LogP contribution in [0.3, 0.4) is 0 Å². The van der Waals surface area contributed by atoms with Crippen LogP contribution in [0, 0.1) is 48.1 Å². The first-order valence-electron chi connectivity index (χ1n) is 18.8. The van der Waals surface area contributed by atoms with Gasteiger partial charge in [-0.1, -0.05) is 60.7 Å². The highest BCUT2D eigenvalue weighted by atomic mass is 15.1. The maximum atomic E-state index is 8.54. The molecular weight excluding hydrogens is 721 g/mol. The monoisotopic (exact) mass is 754 g/mol. The van der Waals surface area contributed by atoms with Gasteiger partial charge in [0.1, 0.15) is 34.9 Å². The van der Waals surface area contributed by atoms with Gasteiger partial charge in [0.15, 0.2) is 23.2 Å². The first-order chi connectivity index (χ1) is 28.1. The minimum absolute atomic E-state index is 0.409. The normalized spacial score (nSPS) is 11.6. The van der Waals surface area contributed by atoms with Crippen LogP contribution >= 0.6 is 0 Å². The number of aromatic nitrogens is 11. The van der Waals surface area contributed by atoms with Crippen LogP contribution in [0.1, 0.15) is 34.9 Å². The van der Waals surface area contributed by atoms with Gasteiger partial charge in [0.2, 0.25) is 0 Å². The molecule has 12 heteroatoms. The third kappa shape index (κ3) is 5.63. The molecule has 0 saturated carbocycles. The van der Waals surface area contributed by atoms with E-state index >= 15 is 0 Å². The smallest absolute Gasteiger partial charge is 0.200 e. The van der Waals surface area contributed by atoms with E-state index in [2.05, 4.69) is 114 Å². The van der Waals surface area contributed by atoms with Gasteiger partial charge in [0.05, 0.1) is 40.0 Å². The lowest BCUT2D eigenvalue weighted by atomic mass is 10.1. The SMILES string of the molecule is [C-]#[N+]c1cc(-n2c3ccccc3c3ccc(-c4nc(C)nc(C)n4)cc32)c(-n2c3ccccc3c3ccc(-c4nc(C)nc(C)n4)cc32)cc1-c1nc(C)nc(C)n1. The van der Waals surface area contributed by atoms with Crippen LogP contribution in [0.4, 0.5) is 5.69 Å². The summed E-state index contributed by atoms with van der Waals surface area (Å²) in [6.07, 6.45) is 0. The number of nitrogens with zero attached hydrogens (tertiary/aromatic N) is 12. The lowest BCUT2D eigenvalue weighted by molar-refractivity contribution is 0.927. The molecule has 0 atom stereocenters. The average molecular weight is 755 g/mol. The third-order valence-corrected chi connectivity index (χ3v) is 10.4. The fraction of sp³-hybridized carbons (Fsp3) is 0.130. The molecule has 10 aromatic rings. The van der Waals surface area contributed by atoms with Crippen molar-refractivity contribution in [2.45, 2.75) is 41.5 Å². The number of hydrogen-bond donors (Lipinski definition) is 0. The predicted octanol–water partition coefficient (Wildman–Crippen LogP) is 9.84. The van der Waals surface area contributed by atoms with Gasteiger partial charge in [-0.15, -0.1) is 0 Å². The average Bonchev–Trinajstić information content (AvgIpc) is 3.71. The molecule has 5 heterocycles. The minimum atomic E-state index is 0.409. The fourth-order valence-corrected chi connectivity index (χ4v) is 8.16. The van der Waals surface area contributed by atoms with Crippen molar-refractivity contribution in [2.75, 3.05) is 0 Å². The zero-order valence-corrected chi connectivity index (χ0v) is 32.6. The Morgan fingerprint density at radius 2 is 0.776 bits per heavy atom. The molecule has 0 amide bonds. The first-order valence-corrected chi connectivity index (χ1v) is 18.8. The molecule has 0 aliphatic heterocycles. The number of benzene rings is 5. The highest BCUT2D eigenvalue weighted by molar-refractivity contribution is 6.12.